The predicted molar refractivity (Wildman–Crippen MR) is 130 cm³/mol. The highest BCUT2D eigenvalue weighted by molar-refractivity contribution is 14.1. The largest absolute Gasteiger partial charge is 0.480 e. The lowest BCUT2D eigenvalue weighted by Gasteiger charge is -2.35. The molecule has 0 fully saturated rings. The van der Waals surface area contributed by atoms with Crippen molar-refractivity contribution in [1.82, 2.24) is 4.90 Å². The molecule has 4 rings (SSSR count). The number of carbonyl (C=O) groups is 2. The molecule has 3 aromatic carbocycles. The summed E-state index contributed by atoms with van der Waals surface area (Å²) >= 11 is 14.3. The maximum absolute atomic E-state index is 13.6. The number of benzene rings is 3. The lowest BCUT2D eigenvalue weighted by Crippen LogP contribution is -2.40. The number of amides is 1. The molecule has 0 radical (unpaired) electrons. The van der Waals surface area contributed by atoms with Gasteiger partial charge in [-0.05, 0) is 76.2 Å². The third kappa shape index (κ3) is 4.66. The van der Waals surface area contributed by atoms with E-state index in [1.807, 2.05) is 36.4 Å². The first-order valence-corrected chi connectivity index (χ1v) is 11.3. The highest BCUT2D eigenvalue weighted by atomic mass is 127. The second-order valence-electron chi connectivity index (χ2n) is 7.19. The van der Waals surface area contributed by atoms with Gasteiger partial charge in [0.25, 0.3) is 5.91 Å². The lowest BCUT2D eigenvalue weighted by atomic mass is 9.92. The summed E-state index contributed by atoms with van der Waals surface area (Å²) in [6, 6.07) is 18.9. The molecule has 2 unspecified atom stereocenters. The van der Waals surface area contributed by atoms with Crippen molar-refractivity contribution in [3.8, 4) is 0 Å². The number of carboxylic acid groups (broad SMARTS) is 1. The lowest BCUT2D eigenvalue weighted by molar-refractivity contribution is -0.138. The fraction of sp³-hybridized carbons (Fsp3) is 0.130. The molecule has 2 N–H and O–H groups in total. The first-order valence-electron chi connectivity index (χ1n) is 9.43. The van der Waals surface area contributed by atoms with E-state index in [1.165, 1.54) is 4.90 Å². The summed E-state index contributed by atoms with van der Waals surface area (Å²) in [7, 11) is 0. The average Bonchev–Trinajstić information content (AvgIpc) is 2.85. The smallest absolute Gasteiger partial charge is 0.323 e. The molecule has 3 aromatic rings. The van der Waals surface area contributed by atoms with Crippen LogP contribution < -0.4 is 5.32 Å². The van der Waals surface area contributed by atoms with Crippen molar-refractivity contribution in [3.05, 3.63) is 97.0 Å². The Bertz CT molecular complexity index is 1140. The Morgan fingerprint density at radius 2 is 1.55 bits per heavy atom. The van der Waals surface area contributed by atoms with E-state index < -0.39 is 24.6 Å². The van der Waals surface area contributed by atoms with Gasteiger partial charge in [0.15, 0.2) is 0 Å². The molecule has 0 saturated carbocycles. The number of hydrogen-bond donors (Lipinski definition) is 2. The number of rotatable bonds is 4. The quantitative estimate of drug-likeness (QED) is 0.378. The van der Waals surface area contributed by atoms with Crippen LogP contribution in [0.4, 0.5) is 5.69 Å². The van der Waals surface area contributed by atoms with Gasteiger partial charge in [-0.15, -0.1) is 0 Å². The highest BCUT2D eigenvalue weighted by Gasteiger charge is 2.39. The van der Waals surface area contributed by atoms with Gasteiger partial charge in [0.05, 0.1) is 17.6 Å². The summed E-state index contributed by atoms with van der Waals surface area (Å²) in [5.41, 5.74) is 2.73. The van der Waals surface area contributed by atoms with E-state index >= 15 is 0 Å². The van der Waals surface area contributed by atoms with Crippen LogP contribution in [0.5, 0.6) is 0 Å². The first-order chi connectivity index (χ1) is 14.8. The van der Waals surface area contributed by atoms with Crippen LogP contribution in [-0.2, 0) is 4.79 Å². The number of nitrogens with zero attached hydrogens (tertiary/aromatic N) is 1. The molecule has 1 heterocycles. The van der Waals surface area contributed by atoms with E-state index in [1.54, 1.807) is 30.3 Å². The van der Waals surface area contributed by atoms with E-state index in [4.69, 9.17) is 23.2 Å². The molecule has 1 aliphatic heterocycles. The summed E-state index contributed by atoms with van der Waals surface area (Å²) in [4.78, 5) is 26.7. The Morgan fingerprint density at radius 3 is 2.13 bits per heavy atom. The van der Waals surface area contributed by atoms with E-state index in [9.17, 15) is 14.7 Å². The number of fused-ring (bicyclic) bond motifs is 1. The van der Waals surface area contributed by atoms with Gasteiger partial charge < -0.3 is 15.3 Å². The van der Waals surface area contributed by atoms with Gasteiger partial charge in [-0.2, -0.15) is 0 Å². The number of halogens is 3. The molecule has 8 heteroatoms. The molecule has 0 saturated heterocycles. The van der Waals surface area contributed by atoms with Crippen LogP contribution in [0.1, 0.15) is 33.6 Å². The summed E-state index contributed by atoms with van der Waals surface area (Å²) in [5, 5.41) is 14.3. The third-order valence-corrected chi connectivity index (χ3v) is 6.36. The number of aliphatic carboxylic acids is 1. The second-order valence-corrected chi connectivity index (χ2v) is 9.31. The van der Waals surface area contributed by atoms with Gasteiger partial charge in [0.1, 0.15) is 6.54 Å². The van der Waals surface area contributed by atoms with Gasteiger partial charge in [-0.25, -0.2) is 0 Å². The van der Waals surface area contributed by atoms with Crippen molar-refractivity contribution in [2.45, 2.75) is 12.1 Å². The van der Waals surface area contributed by atoms with Gasteiger partial charge in [-0.3, -0.25) is 9.59 Å². The zero-order valence-electron chi connectivity index (χ0n) is 16.1. The van der Waals surface area contributed by atoms with E-state index in [2.05, 4.69) is 27.9 Å². The van der Waals surface area contributed by atoms with Crippen LogP contribution in [0.15, 0.2) is 66.7 Å². The topological polar surface area (TPSA) is 69.6 Å². The maximum Gasteiger partial charge on any atom is 0.323 e. The number of carboxylic acids is 1. The zero-order valence-corrected chi connectivity index (χ0v) is 19.7. The number of hydrogen-bond acceptors (Lipinski definition) is 3. The number of nitrogens with one attached hydrogen (secondary N) is 1. The molecular weight excluding hydrogens is 550 g/mol. The zero-order chi connectivity index (χ0) is 22.1. The monoisotopic (exact) mass is 566 g/mol. The standard InChI is InChI=1S/C23H17Cl2IN2O3/c24-15-5-1-13(2-6-15)21-22(14-3-7-16(25)8-4-14)28(12-20(29)30)23(31)18-11-17(26)9-10-19(18)27-21/h1-11,21-22,27H,12H2,(H,29,30). The Balaban J connectivity index is 1.94. The molecule has 0 aliphatic carbocycles. The van der Waals surface area contributed by atoms with E-state index in [0.29, 0.717) is 21.3 Å². The molecule has 1 aliphatic rings. The molecule has 2 atom stereocenters. The number of anilines is 1. The predicted octanol–water partition coefficient (Wildman–Crippen LogP) is 6.03. The Kier molecular flexibility index (Phi) is 6.41. The fourth-order valence-corrected chi connectivity index (χ4v) is 4.55. The molecule has 0 aromatic heterocycles. The second kappa shape index (κ2) is 9.06. The SMILES string of the molecule is O=C(O)CN1C(=O)c2cc(I)ccc2NC(c2ccc(Cl)cc2)C1c1ccc(Cl)cc1. The highest BCUT2D eigenvalue weighted by Crippen LogP contribution is 2.42. The van der Waals surface area contributed by atoms with Crippen molar-refractivity contribution < 1.29 is 14.7 Å². The molecule has 31 heavy (non-hydrogen) atoms. The normalized spacial score (nSPS) is 18.2. The summed E-state index contributed by atoms with van der Waals surface area (Å²) in [6.45, 7) is -0.442. The summed E-state index contributed by atoms with van der Waals surface area (Å²) in [6.07, 6.45) is 0. The van der Waals surface area contributed by atoms with Crippen LogP contribution in [-0.4, -0.2) is 28.4 Å². The van der Waals surface area contributed by atoms with Crippen LogP contribution in [0, 0.1) is 3.57 Å². The van der Waals surface area contributed by atoms with Crippen LogP contribution in [0.3, 0.4) is 0 Å². The summed E-state index contributed by atoms with van der Waals surface area (Å²) in [5.74, 6) is -1.43. The van der Waals surface area contributed by atoms with Gasteiger partial charge in [0, 0.05) is 19.3 Å². The Hall–Kier alpha value is -2.29. The molecule has 0 bridgehead atoms. The number of carbonyl (C=O) groups excluding carboxylic acids is 1. The third-order valence-electron chi connectivity index (χ3n) is 5.18. The van der Waals surface area contributed by atoms with Gasteiger partial charge in [-0.1, -0.05) is 47.5 Å². The fourth-order valence-electron chi connectivity index (χ4n) is 3.81. The Morgan fingerprint density at radius 1 is 0.968 bits per heavy atom. The minimum absolute atomic E-state index is 0.347. The molecule has 0 spiro atoms. The molecule has 5 nitrogen and oxygen atoms in total. The molecular formula is C23H17Cl2IN2O3. The van der Waals surface area contributed by atoms with Gasteiger partial charge >= 0.3 is 5.97 Å². The average molecular weight is 567 g/mol. The van der Waals surface area contributed by atoms with Crippen molar-refractivity contribution in [2.75, 3.05) is 11.9 Å². The Labute approximate surface area is 203 Å². The van der Waals surface area contributed by atoms with E-state index in [0.717, 1.165) is 14.7 Å². The van der Waals surface area contributed by atoms with Crippen LogP contribution >= 0.6 is 45.8 Å². The minimum Gasteiger partial charge on any atom is -0.480 e. The van der Waals surface area contributed by atoms with Crippen LogP contribution in [0.25, 0.3) is 0 Å². The van der Waals surface area contributed by atoms with Crippen molar-refractivity contribution in [2.24, 2.45) is 0 Å². The molecule has 1 amide bonds. The minimum atomic E-state index is -1.09. The first kappa shape index (κ1) is 21.9. The van der Waals surface area contributed by atoms with Crippen LogP contribution in [0.2, 0.25) is 10.0 Å². The van der Waals surface area contributed by atoms with Crippen molar-refractivity contribution >= 4 is 63.4 Å². The maximum atomic E-state index is 13.6. The molecule has 158 valence electrons. The van der Waals surface area contributed by atoms with Crippen molar-refractivity contribution in [3.63, 3.8) is 0 Å². The summed E-state index contributed by atoms with van der Waals surface area (Å²) < 4.78 is 0.884. The van der Waals surface area contributed by atoms with Crippen molar-refractivity contribution in [1.29, 1.82) is 0 Å². The van der Waals surface area contributed by atoms with E-state index in [-0.39, 0.29) is 5.91 Å². The van der Waals surface area contributed by atoms with Gasteiger partial charge in [0.2, 0.25) is 0 Å².